The molecular weight excluding hydrogens is 537 g/mol. The Morgan fingerprint density at radius 3 is 2.79 bits per heavy atom. The first kappa shape index (κ1) is 25.8. The smallest absolute Gasteiger partial charge is 0.277 e. The summed E-state index contributed by atoms with van der Waals surface area (Å²) in [5.41, 5.74) is 4.62. The Morgan fingerprint density at radius 1 is 1.26 bits per heavy atom. The summed E-state index contributed by atoms with van der Waals surface area (Å²) >= 11 is 9.57. The molecule has 0 saturated carbocycles. The number of halogens is 3. The molecule has 4 N–H and O–H groups in total. The number of rotatable bonds is 11. The number of imidazole rings is 1. The molecule has 0 aliphatic heterocycles. The highest BCUT2D eigenvalue weighted by molar-refractivity contribution is 9.10. The number of benzene rings is 2. The maximum Gasteiger partial charge on any atom is 0.277 e. The van der Waals surface area contributed by atoms with Crippen molar-refractivity contribution < 1.29 is 28.8 Å². The third-order valence-electron chi connectivity index (χ3n) is 4.71. The molecule has 0 aliphatic rings. The van der Waals surface area contributed by atoms with Crippen LogP contribution in [0.4, 0.5) is 15.8 Å². The van der Waals surface area contributed by atoms with Crippen LogP contribution in [0.3, 0.4) is 0 Å². The molecule has 3 aromatic rings. The van der Waals surface area contributed by atoms with Crippen molar-refractivity contribution in [2.75, 3.05) is 25.1 Å². The van der Waals surface area contributed by atoms with Crippen LogP contribution in [0.1, 0.15) is 23.2 Å². The van der Waals surface area contributed by atoms with Crippen molar-refractivity contribution in [1.29, 1.82) is 0 Å². The molecule has 2 aromatic carbocycles. The van der Waals surface area contributed by atoms with E-state index in [4.69, 9.17) is 26.4 Å². The van der Waals surface area contributed by atoms with Gasteiger partial charge in [0.25, 0.3) is 5.91 Å². The first-order chi connectivity index (χ1) is 16.3. The van der Waals surface area contributed by atoms with Crippen molar-refractivity contribution in [1.82, 2.24) is 20.5 Å². The number of hydroxylamine groups is 2. The van der Waals surface area contributed by atoms with Crippen LogP contribution in [0.25, 0.3) is 11.0 Å². The van der Waals surface area contributed by atoms with Crippen molar-refractivity contribution in [3.8, 4) is 0 Å². The van der Waals surface area contributed by atoms with Crippen molar-refractivity contribution in [2.24, 2.45) is 7.05 Å². The Morgan fingerprint density at radius 2 is 2.06 bits per heavy atom. The fraction of sp³-hybridized carbons (Fsp3) is 0.286. The Hall–Kier alpha value is -2.77. The number of hydrogen-bond donors (Lipinski definition) is 4. The predicted molar refractivity (Wildman–Crippen MR) is 127 cm³/mol. The van der Waals surface area contributed by atoms with Gasteiger partial charge in [-0.25, -0.2) is 20.3 Å². The van der Waals surface area contributed by atoms with Gasteiger partial charge in [0.2, 0.25) is 5.91 Å². The molecule has 13 heteroatoms. The Kier molecular flexibility index (Phi) is 9.19. The molecule has 0 radical (unpaired) electrons. The zero-order valence-corrected chi connectivity index (χ0v) is 20.4. The topological polar surface area (TPSA) is 127 Å². The number of anilines is 2. The first-order valence-electron chi connectivity index (χ1n) is 10.1. The van der Waals surface area contributed by atoms with E-state index in [0.717, 1.165) is 4.47 Å². The van der Waals surface area contributed by atoms with E-state index in [0.29, 0.717) is 22.6 Å². The molecule has 0 aliphatic carbocycles. The van der Waals surface area contributed by atoms with Gasteiger partial charge in [-0.3, -0.25) is 19.6 Å². The maximum atomic E-state index is 15.4. The summed E-state index contributed by atoms with van der Waals surface area (Å²) in [5.74, 6) is -1.89. The standard InChI is InChI=1S/C21H22BrClFN5O5/c1-29-11-25-20-16(29)10-13(19(18(20)24)26-15-5-4-12(22)9-14(15)23)21(31)28-34-8-7-33-6-2-3-17(30)27-32/h4-5,9-11,26,32H,2-3,6-8H2,1H3,(H,27,30)(H,28,31). The van der Waals surface area contributed by atoms with Crippen LogP contribution >= 0.6 is 27.5 Å². The molecule has 0 saturated heterocycles. The van der Waals surface area contributed by atoms with E-state index in [1.165, 1.54) is 17.9 Å². The first-order valence-corrected chi connectivity index (χ1v) is 11.3. The quantitative estimate of drug-likeness (QED) is 0.160. The van der Waals surface area contributed by atoms with E-state index in [1.54, 1.807) is 29.8 Å². The highest BCUT2D eigenvalue weighted by atomic mass is 79.9. The summed E-state index contributed by atoms with van der Waals surface area (Å²) < 4.78 is 23.0. The van der Waals surface area contributed by atoms with E-state index in [2.05, 4.69) is 31.7 Å². The number of aryl methyl sites for hydroxylation is 1. The molecule has 2 amide bonds. The second kappa shape index (κ2) is 12.1. The second-order valence-electron chi connectivity index (χ2n) is 7.12. The Labute approximate surface area is 207 Å². The van der Waals surface area contributed by atoms with Gasteiger partial charge >= 0.3 is 0 Å². The van der Waals surface area contributed by atoms with Gasteiger partial charge < -0.3 is 14.6 Å². The van der Waals surface area contributed by atoms with E-state index in [9.17, 15) is 9.59 Å². The largest absolute Gasteiger partial charge is 0.379 e. The minimum atomic E-state index is -0.711. The molecule has 0 bridgehead atoms. The van der Waals surface area contributed by atoms with Crippen LogP contribution < -0.4 is 16.3 Å². The Balaban J connectivity index is 1.69. The van der Waals surface area contributed by atoms with Crippen molar-refractivity contribution in [2.45, 2.75) is 12.8 Å². The van der Waals surface area contributed by atoms with Gasteiger partial charge in [0.1, 0.15) is 5.52 Å². The Bertz CT molecular complexity index is 1190. The summed E-state index contributed by atoms with van der Waals surface area (Å²) in [7, 11) is 1.69. The van der Waals surface area contributed by atoms with E-state index in [-0.39, 0.29) is 43.0 Å². The summed E-state index contributed by atoms with van der Waals surface area (Å²) in [5, 5.41) is 11.6. The predicted octanol–water partition coefficient (Wildman–Crippen LogP) is 3.84. The van der Waals surface area contributed by atoms with E-state index >= 15 is 4.39 Å². The number of fused-ring (bicyclic) bond motifs is 1. The second-order valence-corrected chi connectivity index (χ2v) is 8.44. The molecule has 0 spiro atoms. The summed E-state index contributed by atoms with van der Waals surface area (Å²) in [4.78, 5) is 33.0. The lowest BCUT2D eigenvalue weighted by Crippen LogP contribution is -2.26. The third-order valence-corrected chi connectivity index (χ3v) is 5.51. The number of carbonyl (C=O) groups is 2. The highest BCUT2D eigenvalue weighted by Gasteiger charge is 2.22. The van der Waals surface area contributed by atoms with E-state index < -0.39 is 17.6 Å². The van der Waals surface area contributed by atoms with Gasteiger partial charge in [-0.15, -0.1) is 0 Å². The number of ether oxygens (including phenoxy) is 1. The number of nitrogens with one attached hydrogen (secondary N) is 3. The van der Waals surface area contributed by atoms with Crippen LogP contribution in [0.15, 0.2) is 35.1 Å². The lowest BCUT2D eigenvalue weighted by molar-refractivity contribution is -0.129. The zero-order chi connectivity index (χ0) is 24.7. The average Bonchev–Trinajstić information content (AvgIpc) is 3.19. The molecule has 10 nitrogen and oxygen atoms in total. The molecule has 182 valence electrons. The van der Waals surface area contributed by atoms with Crippen LogP contribution in [0.5, 0.6) is 0 Å². The maximum absolute atomic E-state index is 15.4. The molecule has 3 rings (SSSR count). The van der Waals surface area contributed by atoms with Crippen LogP contribution in [0.2, 0.25) is 5.02 Å². The van der Waals surface area contributed by atoms with Gasteiger partial charge in [0.15, 0.2) is 5.82 Å². The number of amides is 2. The molecule has 1 aromatic heterocycles. The van der Waals surface area contributed by atoms with Crippen LogP contribution in [0, 0.1) is 5.82 Å². The average molecular weight is 559 g/mol. The molecule has 0 atom stereocenters. The molecular formula is C21H22BrClFN5O5. The third kappa shape index (κ3) is 6.42. The monoisotopic (exact) mass is 557 g/mol. The fourth-order valence-electron chi connectivity index (χ4n) is 3.02. The number of hydrogen-bond acceptors (Lipinski definition) is 7. The van der Waals surface area contributed by atoms with Crippen LogP contribution in [-0.2, 0) is 21.4 Å². The minimum absolute atomic E-state index is 0.0106. The lowest BCUT2D eigenvalue weighted by atomic mass is 10.1. The lowest BCUT2D eigenvalue weighted by Gasteiger charge is -2.15. The molecule has 34 heavy (non-hydrogen) atoms. The molecule has 0 fully saturated rings. The number of aromatic nitrogens is 2. The fourth-order valence-corrected chi connectivity index (χ4v) is 3.74. The van der Waals surface area contributed by atoms with Gasteiger partial charge in [0, 0.05) is 24.5 Å². The number of nitrogens with zero attached hydrogens (tertiary/aromatic N) is 2. The highest BCUT2D eigenvalue weighted by Crippen LogP contribution is 2.34. The van der Waals surface area contributed by atoms with Crippen molar-refractivity contribution >= 4 is 61.8 Å². The normalized spacial score (nSPS) is 11.0. The van der Waals surface area contributed by atoms with Gasteiger partial charge in [-0.2, -0.15) is 0 Å². The van der Waals surface area contributed by atoms with Crippen molar-refractivity contribution in [3.05, 3.63) is 51.5 Å². The zero-order valence-electron chi connectivity index (χ0n) is 18.0. The number of carbonyl (C=O) groups excluding carboxylic acids is 2. The van der Waals surface area contributed by atoms with Gasteiger partial charge in [-0.05, 0) is 30.7 Å². The van der Waals surface area contributed by atoms with Crippen molar-refractivity contribution in [3.63, 3.8) is 0 Å². The van der Waals surface area contributed by atoms with E-state index in [1.807, 2.05) is 0 Å². The summed E-state index contributed by atoms with van der Waals surface area (Å²) in [6.07, 6.45) is 1.98. The van der Waals surface area contributed by atoms with Crippen LogP contribution in [-0.4, -0.2) is 46.4 Å². The van der Waals surface area contributed by atoms with Gasteiger partial charge in [0.05, 0.1) is 47.0 Å². The molecule has 1 heterocycles. The summed E-state index contributed by atoms with van der Waals surface area (Å²) in [6, 6.07) is 6.51. The minimum Gasteiger partial charge on any atom is -0.379 e. The molecule has 0 unspecified atom stereocenters. The summed E-state index contributed by atoms with van der Waals surface area (Å²) in [6.45, 7) is 0.445. The van der Waals surface area contributed by atoms with Gasteiger partial charge in [-0.1, -0.05) is 27.5 Å². The SMILES string of the molecule is Cn1cnc2c(F)c(Nc3ccc(Br)cc3Cl)c(C(=O)NOCCOCCCC(=O)NO)cc21.